The van der Waals surface area contributed by atoms with Crippen molar-refractivity contribution in [2.24, 2.45) is 10.9 Å². The van der Waals surface area contributed by atoms with Gasteiger partial charge in [0.05, 0.1) is 18.9 Å². The molecule has 0 fully saturated rings. The van der Waals surface area contributed by atoms with Crippen molar-refractivity contribution in [3.63, 3.8) is 0 Å². The molecule has 1 rings (SSSR count). The number of hydrogen-bond donors (Lipinski definition) is 1. The number of rotatable bonds is 2. The summed E-state index contributed by atoms with van der Waals surface area (Å²) in [5.41, 5.74) is 2.08. The number of aliphatic hydroxyl groups excluding tert-OH is 1. The third-order valence-corrected chi connectivity index (χ3v) is 1.70. The first-order chi connectivity index (χ1) is 4.75. The molecule has 10 heavy (non-hydrogen) atoms. The van der Waals surface area contributed by atoms with Crippen LogP contribution in [0.2, 0.25) is 0 Å². The van der Waals surface area contributed by atoms with E-state index >= 15 is 0 Å². The molecule has 0 aromatic heterocycles. The zero-order valence-corrected chi connectivity index (χ0v) is 6.46. The van der Waals surface area contributed by atoms with Crippen LogP contribution < -0.4 is 0 Å². The van der Waals surface area contributed by atoms with Gasteiger partial charge >= 0.3 is 0 Å². The van der Waals surface area contributed by atoms with Crippen LogP contribution in [0, 0.1) is 5.92 Å². The van der Waals surface area contributed by atoms with Crippen molar-refractivity contribution in [2.75, 3.05) is 13.2 Å². The standard InChI is InChI=1S/C8H13NO/c1-6(2)7-3-4-9-8(7)5-10/h3,6,10H,4-5H2,1-2H3. The van der Waals surface area contributed by atoms with Crippen LogP contribution in [-0.2, 0) is 0 Å². The van der Waals surface area contributed by atoms with Crippen molar-refractivity contribution >= 4 is 5.71 Å². The summed E-state index contributed by atoms with van der Waals surface area (Å²) >= 11 is 0. The van der Waals surface area contributed by atoms with Crippen LogP contribution in [0.1, 0.15) is 13.8 Å². The number of aliphatic imine (C=N–C) groups is 1. The maximum Gasteiger partial charge on any atom is 0.0851 e. The fourth-order valence-electron chi connectivity index (χ4n) is 1.17. The van der Waals surface area contributed by atoms with Gasteiger partial charge in [-0.05, 0) is 11.5 Å². The lowest BCUT2D eigenvalue weighted by molar-refractivity contribution is 0.357. The van der Waals surface area contributed by atoms with E-state index in [1.165, 1.54) is 5.57 Å². The summed E-state index contributed by atoms with van der Waals surface area (Å²) in [6.07, 6.45) is 2.08. The van der Waals surface area contributed by atoms with Gasteiger partial charge in [0.1, 0.15) is 0 Å². The van der Waals surface area contributed by atoms with E-state index in [9.17, 15) is 0 Å². The van der Waals surface area contributed by atoms with Gasteiger partial charge in [0.2, 0.25) is 0 Å². The molecule has 2 heteroatoms. The maximum atomic E-state index is 8.81. The average molecular weight is 139 g/mol. The molecule has 0 aromatic carbocycles. The van der Waals surface area contributed by atoms with E-state index in [-0.39, 0.29) is 6.61 Å². The largest absolute Gasteiger partial charge is 0.390 e. The second-order valence-corrected chi connectivity index (χ2v) is 2.76. The molecule has 0 aliphatic carbocycles. The molecule has 1 aliphatic heterocycles. The molecule has 56 valence electrons. The monoisotopic (exact) mass is 139 g/mol. The maximum absolute atomic E-state index is 8.81. The minimum Gasteiger partial charge on any atom is -0.390 e. The molecule has 0 amide bonds. The van der Waals surface area contributed by atoms with Gasteiger partial charge < -0.3 is 5.11 Å². The third-order valence-electron chi connectivity index (χ3n) is 1.70. The summed E-state index contributed by atoms with van der Waals surface area (Å²) in [5, 5.41) is 8.81. The van der Waals surface area contributed by atoms with E-state index in [0.717, 1.165) is 12.3 Å². The summed E-state index contributed by atoms with van der Waals surface area (Å²) in [6.45, 7) is 5.07. The quantitative estimate of drug-likeness (QED) is 0.608. The van der Waals surface area contributed by atoms with Crippen molar-refractivity contribution in [1.29, 1.82) is 0 Å². The Hall–Kier alpha value is -0.630. The topological polar surface area (TPSA) is 32.6 Å². The molecule has 1 N–H and O–H groups in total. The molecule has 0 unspecified atom stereocenters. The third kappa shape index (κ3) is 1.27. The Kier molecular flexibility index (Phi) is 2.22. The van der Waals surface area contributed by atoms with Crippen molar-refractivity contribution in [2.45, 2.75) is 13.8 Å². The zero-order valence-electron chi connectivity index (χ0n) is 6.46. The normalized spacial score (nSPS) is 17.6. The van der Waals surface area contributed by atoms with E-state index in [0.29, 0.717) is 5.92 Å². The Balaban J connectivity index is 2.69. The molecule has 2 nitrogen and oxygen atoms in total. The molecule has 0 spiro atoms. The minimum atomic E-state index is 0.0873. The van der Waals surface area contributed by atoms with E-state index in [1.807, 2.05) is 0 Å². The Bertz CT molecular complexity index is 180. The highest BCUT2D eigenvalue weighted by Gasteiger charge is 2.12. The number of nitrogens with zero attached hydrogens (tertiary/aromatic N) is 1. The van der Waals surface area contributed by atoms with Crippen LogP contribution in [0.25, 0.3) is 0 Å². The average Bonchev–Trinajstić information content (AvgIpc) is 2.33. The summed E-state index contributed by atoms with van der Waals surface area (Å²) in [6, 6.07) is 0. The molecule has 0 atom stereocenters. The second kappa shape index (κ2) is 2.97. The summed E-state index contributed by atoms with van der Waals surface area (Å²) < 4.78 is 0. The Morgan fingerprint density at radius 1 is 1.70 bits per heavy atom. The Morgan fingerprint density at radius 2 is 2.40 bits per heavy atom. The number of aliphatic hydroxyl groups is 1. The highest BCUT2D eigenvalue weighted by Crippen LogP contribution is 2.15. The lowest BCUT2D eigenvalue weighted by Crippen LogP contribution is -2.09. The van der Waals surface area contributed by atoms with Crippen LogP contribution in [0.5, 0.6) is 0 Å². The molecule has 0 saturated carbocycles. The van der Waals surface area contributed by atoms with Gasteiger partial charge in [-0.25, -0.2) is 0 Å². The predicted molar refractivity (Wildman–Crippen MR) is 42.3 cm³/mol. The van der Waals surface area contributed by atoms with Gasteiger partial charge in [-0.1, -0.05) is 19.9 Å². The Morgan fingerprint density at radius 3 is 2.80 bits per heavy atom. The van der Waals surface area contributed by atoms with Crippen LogP contribution in [0.4, 0.5) is 0 Å². The lowest BCUT2D eigenvalue weighted by atomic mass is 10.00. The summed E-state index contributed by atoms with van der Waals surface area (Å²) in [4.78, 5) is 4.13. The molecular formula is C8H13NO. The van der Waals surface area contributed by atoms with Gasteiger partial charge in [-0.2, -0.15) is 0 Å². The highest BCUT2D eigenvalue weighted by atomic mass is 16.3. The van der Waals surface area contributed by atoms with Gasteiger partial charge in [-0.15, -0.1) is 0 Å². The molecule has 1 aliphatic rings. The van der Waals surface area contributed by atoms with Crippen molar-refractivity contribution in [1.82, 2.24) is 0 Å². The van der Waals surface area contributed by atoms with E-state index in [1.54, 1.807) is 0 Å². The van der Waals surface area contributed by atoms with Crippen LogP contribution in [0.15, 0.2) is 16.6 Å². The van der Waals surface area contributed by atoms with Crippen molar-refractivity contribution in [3.8, 4) is 0 Å². The highest BCUT2D eigenvalue weighted by molar-refractivity contribution is 6.02. The van der Waals surface area contributed by atoms with E-state index in [4.69, 9.17) is 5.11 Å². The lowest BCUT2D eigenvalue weighted by Gasteiger charge is -2.06. The Labute approximate surface area is 61.3 Å². The summed E-state index contributed by atoms with van der Waals surface area (Å²) in [7, 11) is 0. The van der Waals surface area contributed by atoms with Crippen LogP contribution in [0.3, 0.4) is 0 Å². The molecule has 0 saturated heterocycles. The van der Waals surface area contributed by atoms with Crippen molar-refractivity contribution in [3.05, 3.63) is 11.6 Å². The fraction of sp³-hybridized carbons (Fsp3) is 0.625. The van der Waals surface area contributed by atoms with Crippen LogP contribution >= 0.6 is 0 Å². The fourth-order valence-corrected chi connectivity index (χ4v) is 1.17. The smallest absolute Gasteiger partial charge is 0.0851 e. The SMILES string of the molecule is CC(C)C1=CCN=C1CO. The molecule has 0 aromatic rings. The minimum absolute atomic E-state index is 0.0873. The first-order valence-electron chi connectivity index (χ1n) is 3.60. The van der Waals surface area contributed by atoms with Gasteiger partial charge in [-0.3, -0.25) is 4.99 Å². The van der Waals surface area contributed by atoms with Crippen molar-refractivity contribution < 1.29 is 5.11 Å². The molecule has 1 heterocycles. The molecular weight excluding hydrogens is 126 g/mol. The van der Waals surface area contributed by atoms with E-state index in [2.05, 4.69) is 24.9 Å². The first kappa shape index (κ1) is 7.48. The van der Waals surface area contributed by atoms with Gasteiger partial charge in [0.15, 0.2) is 0 Å². The molecule has 0 radical (unpaired) electrons. The first-order valence-corrected chi connectivity index (χ1v) is 3.60. The van der Waals surface area contributed by atoms with Crippen LogP contribution in [-0.4, -0.2) is 24.0 Å². The van der Waals surface area contributed by atoms with Gasteiger partial charge in [0, 0.05) is 0 Å². The second-order valence-electron chi connectivity index (χ2n) is 2.76. The molecule has 0 bridgehead atoms. The summed E-state index contributed by atoms with van der Waals surface area (Å²) in [5.74, 6) is 0.494. The number of hydrogen-bond acceptors (Lipinski definition) is 2. The van der Waals surface area contributed by atoms with Gasteiger partial charge in [0.25, 0.3) is 0 Å². The zero-order chi connectivity index (χ0) is 7.56. The predicted octanol–water partition coefficient (Wildman–Crippen LogP) is 1.02. The van der Waals surface area contributed by atoms with E-state index < -0.39 is 0 Å².